The highest BCUT2D eigenvalue weighted by Gasteiger charge is 2.24. The number of hydrogen-bond acceptors (Lipinski definition) is 4. The van der Waals surface area contributed by atoms with Crippen molar-refractivity contribution in [2.45, 2.75) is 13.5 Å². The van der Waals surface area contributed by atoms with Gasteiger partial charge in [-0.25, -0.2) is 4.39 Å². The van der Waals surface area contributed by atoms with Crippen molar-refractivity contribution in [3.63, 3.8) is 0 Å². The fraction of sp³-hybridized carbons (Fsp3) is 0.269. The van der Waals surface area contributed by atoms with Crippen LogP contribution in [0.4, 0.5) is 10.1 Å². The highest BCUT2D eigenvalue weighted by Crippen LogP contribution is 2.25. The first-order valence-corrected chi connectivity index (χ1v) is 11.4. The summed E-state index contributed by atoms with van der Waals surface area (Å²) in [5.41, 5.74) is 1.95. The van der Waals surface area contributed by atoms with Crippen LogP contribution in [0.2, 0.25) is 5.02 Å². The van der Waals surface area contributed by atoms with Crippen molar-refractivity contribution < 1.29 is 18.7 Å². The maximum atomic E-state index is 14.1. The Morgan fingerprint density at radius 1 is 0.970 bits per heavy atom. The van der Waals surface area contributed by atoms with Crippen molar-refractivity contribution in [3.8, 4) is 11.5 Å². The second-order valence-corrected chi connectivity index (χ2v) is 8.17. The van der Waals surface area contributed by atoms with Gasteiger partial charge in [0.1, 0.15) is 23.9 Å². The molecule has 1 aliphatic rings. The lowest BCUT2D eigenvalue weighted by Crippen LogP contribution is -2.49. The van der Waals surface area contributed by atoms with Gasteiger partial charge >= 0.3 is 0 Å². The fourth-order valence-electron chi connectivity index (χ4n) is 3.85. The van der Waals surface area contributed by atoms with Crippen LogP contribution in [0.1, 0.15) is 22.8 Å². The van der Waals surface area contributed by atoms with Gasteiger partial charge in [0.2, 0.25) is 0 Å². The summed E-state index contributed by atoms with van der Waals surface area (Å²) in [5.74, 6) is 1.07. The maximum Gasteiger partial charge on any atom is 0.253 e. The minimum absolute atomic E-state index is 0.0565. The van der Waals surface area contributed by atoms with Crippen molar-refractivity contribution in [2.24, 2.45) is 0 Å². The first-order chi connectivity index (χ1) is 16.0. The average molecular weight is 469 g/mol. The number of rotatable bonds is 7. The topological polar surface area (TPSA) is 42.0 Å². The minimum atomic E-state index is -0.242. The van der Waals surface area contributed by atoms with Crippen LogP contribution in [-0.2, 0) is 6.61 Å². The molecule has 0 bridgehead atoms. The average Bonchev–Trinajstić information content (AvgIpc) is 2.84. The molecule has 3 aromatic rings. The highest BCUT2D eigenvalue weighted by atomic mass is 35.5. The SMILES string of the molecule is CCOc1ccc(C(=O)N2CCN(c3ccccc3F)CC2)cc1COc1ccc(Cl)cc1. The molecule has 3 aromatic carbocycles. The van der Waals surface area contributed by atoms with E-state index in [1.54, 1.807) is 47.4 Å². The van der Waals surface area contributed by atoms with Gasteiger partial charge in [-0.2, -0.15) is 0 Å². The van der Waals surface area contributed by atoms with Gasteiger partial charge in [-0.15, -0.1) is 0 Å². The zero-order chi connectivity index (χ0) is 23.2. The molecule has 33 heavy (non-hydrogen) atoms. The molecule has 7 heteroatoms. The van der Waals surface area contributed by atoms with Crippen molar-refractivity contribution in [1.82, 2.24) is 4.90 Å². The number of amides is 1. The Bertz CT molecular complexity index is 1100. The van der Waals surface area contributed by atoms with Gasteiger partial charge in [-0.05, 0) is 61.5 Å². The number of benzene rings is 3. The summed E-state index contributed by atoms with van der Waals surface area (Å²) in [4.78, 5) is 17.0. The lowest BCUT2D eigenvalue weighted by Gasteiger charge is -2.36. The second-order valence-electron chi connectivity index (χ2n) is 7.73. The van der Waals surface area contributed by atoms with Crippen LogP contribution >= 0.6 is 11.6 Å². The lowest BCUT2D eigenvalue weighted by atomic mass is 10.1. The molecule has 172 valence electrons. The monoisotopic (exact) mass is 468 g/mol. The van der Waals surface area contributed by atoms with Crippen molar-refractivity contribution >= 4 is 23.2 Å². The molecule has 1 fully saturated rings. The smallest absolute Gasteiger partial charge is 0.253 e. The molecule has 0 atom stereocenters. The van der Waals surface area contributed by atoms with E-state index < -0.39 is 0 Å². The number of halogens is 2. The molecule has 1 amide bonds. The van der Waals surface area contributed by atoms with Gasteiger partial charge in [-0.3, -0.25) is 4.79 Å². The molecule has 0 radical (unpaired) electrons. The van der Waals surface area contributed by atoms with E-state index in [4.69, 9.17) is 21.1 Å². The Balaban J connectivity index is 1.44. The zero-order valence-electron chi connectivity index (χ0n) is 18.5. The summed E-state index contributed by atoms with van der Waals surface area (Å²) in [6.45, 7) is 4.90. The number of carbonyl (C=O) groups excluding carboxylic acids is 1. The standard InChI is InChI=1S/C26H26ClFN2O3/c1-2-32-25-12-7-19(17-20(25)18-33-22-10-8-21(27)9-11-22)26(31)30-15-13-29(14-16-30)24-6-4-3-5-23(24)28/h3-12,17H,2,13-16,18H2,1H3. The number of piperazine rings is 1. The van der Waals surface area contributed by atoms with Gasteiger partial charge < -0.3 is 19.3 Å². The number of hydrogen-bond donors (Lipinski definition) is 0. The molecular weight excluding hydrogens is 443 g/mol. The third kappa shape index (κ3) is 5.57. The summed E-state index contributed by atoms with van der Waals surface area (Å²) in [5, 5.41) is 0.639. The summed E-state index contributed by atoms with van der Waals surface area (Å²) in [6, 6.07) is 19.3. The molecule has 0 unspecified atom stereocenters. The van der Waals surface area contributed by atoms with E-state index in [2.05, 4.69) is 0 Å². The third-order valence-electron chi connectivity index (χ3n) is 5.58. The quantitative estimate of drug-likeness (QED) is 0.464. The number of para-hydroxylation sites is 1. The van der Waals surface area contributed by atoms with Gasteiger partial charge in [-0.1, -0.05) is 23.7 Å². The van der Waals surface area contributed by atoms with Crippen molar-refractivity contribution in [1.29, 1.82) is 0 Å². The molecule has 0 spiro atoms. The van der Waals surface area contributed by atoms with Gasteiger partial charge in [0, 0.05) is 42.3 Å². The first-order valence-electron chi connectivity index (χ1n) is 11.0. The van der Waals surface area contributed by atoms with E-state index in [-0.39, 0.29) is 18.3 Å². The number of nitrogens with zero attached hydrogens (tertiary/aromatic N) is 2. The van der Waals surface area contributed by atoms with Crippen LogP contribution in [-0.4, -0.2) is 43.6 Å². The van der Waals surface area contributed by atoms with Crippen LogP contribution in [0.3, 0.4) is 0 Å². The molecule has 0 aliphatic carbocycles. The maximum absolute atomic E-state index is 14.1. The number of anilines is 1. The predicted molar refractivity (Wildman–Crippen MR) is 128 cm³/mol. The predicted octanol–water partition coefficient (Wildman–Crippen LogP) is 5.42. The zero-order valence-corrected chi connectivity index (χ0v) is 19.2. The van der Waals surface area contributed by atoms with Gasteiger partial charge in [0.05, 0.1) is 12.3 Å². The van der Waals surface area contributed by atoms with E-state index in [1.165, 1.54) is 6.07 Å². The van der Waals surface area contributed by atoms with Gasteiger partial charge in [0.15, 0.2) is 0 Å². The number of carbonyl (C=O) groups is 1. The third-order valence-corrected chi connectivity index (χ3v) is 5.83. The van der Waals surface area contributed by atoms with E-state index in [0.29, 0.717) is 60.6 Å². The Kier molecular flexibility index (Phi) is 7.35. The van der Waals surface area contributed by atoms with Gasteiger partial charge in [0.25, 0.3) is 5.91 Å². The molecule has 0 aromatic heterocycles. The summed E-state index contributed by atoms with van der Waals surface area (Å²) < 4.78 is 25.7. The normalized spacial score (nSPS) is 13.7. The van der Waals surface area contributed by atoms with Crippen molar-refractivity contribution in [2.75, 3.05) is 37.7 Å². The van der Waals surface area contributed by atoms with E-state index in [1.807, 2.05) is 30.0 Å². The molecule has 4 rings (SSSR count). The molecule has 1 saturated heterocycles. The molecule has 1 heterocycles. The molecule has 0 N–H and O–H groups in total. The van der Waals surface area contributed by atoms with E-state index >= 15 is 0 Å². The van der Waals surface area contributed by atoms with Crippen LogP contribution in [0.5, 0.6) is 11.5 Å². The lowest BCUT2D eigenvalue weighted by molar-refractivity contribution is 0.0746. The van der Waals surface area contributed by atoms with E-state index in [9.17, 15) is 9.18 Å². The number of ether oxygens (including phenoxy) is 2. The van der Waals surface area contributed by atoms with Crippen LogP contribution < -0.4 is 14.4 Å². The fourth-order valence-corrected chi connectivity index (χ4v) is 3.98. The highest BCUT2D eigenvalue weighted by molar-refractivity contribution is 6.30. The summed E-state index contributed by atoms with van der Waals surface area (Å²) in [6.07, 6.45) is 0. The van der Waals surface area contributed by atoms with Crippen LogP contribution in [0.25, 0.3) is 0 Å². The molecule has 0 saturated carbocycles. The van der Waals surface area contributed by atoms with Crippen LogP contribution in [0, 0.1) is 5.82 Å². The minimum Gasteiger partial charge on any atom is -0.493 e. The largest absolute Gasteiger partial charge is 0.493 e. The Labute approximate surface area is 198 Å². The molecule has 1 aliphatic heterocycles. The Hall–Kier alpha value is -3.25. The first kappa shape index (κ1) is 22.9. The summed E-state index contributed by atoms with van der Waals surface area (Å²) in [7, 11) is 0. The van der Waals surface area contributed by atoms with Crippen LogP contribution in [0.15, 0.2) is 66.7 Å². The second kappa shape index (κ2) is 10.6. The molecule has 5 nitrogen and oxygen atoms in total. The molecular formula is C26H26ClFN2O3. The summed E-state index contributed by atoms with van der Waals surface area (Å²) >= 11 is 5.94. The van der Waals surface area contributed by atoms with E-state index in [0.717, 1.165) is 5.56 Å². The van der Waals surface area contributed by atoms with Crippen molar-refractivity contribution in [3.05, 3.63) is 88.7 Å². The Morgan fingerprint density at radius 2 is 1.70 bits per heavy atom. The Morgan fingerprint density at radius 3 is 2.39 bits per heavy atom.